The van der Waals surface area contributed by atoms with Gasteiger partial charge in [-0.2, -0.15) is 0 Å². The lowest BCUT2D eigenvalue weighted by molar-refractivity contribution is -0.118. The van der Waals surface area contributed by atoms with Gasteiger partial charge in [-0.15, -0.1) is 0 Å². The fourth-order valence-corrected chi connectivity index (χ4v) is 3.11. The molecule has 128 valence electrons. The average molecular weight is 431 g/mol. The number of rotatable bonds is 7. The molecule has 0 aliphatic heterocycles. The van der Waals surface area contributed by atoms with Crippen molar-refractivity contribution < 1.29 is 9.53 Å². The van der Waals surface area contributed by atoms with Gasteiger partial charge in [0.2, 0.25) is 0 Å². The van der Waals surface area contributed by atoms with Gasteiger partial charge in [0.05, 0.1) is 10.7 Å². The van der Waals surface area contributed by atoms with Crippen LogP contribution in [0.5, 0.6) is 5.75 Å². The SMILES string of the molecule is CCCCc1ccc(NC(=O)COc2ccc(Cl)cc2Cl)c(Br)c1. The summed E-state index contributed by atoms with van der Waals surface area (Å²) in [6.45, 7) is 2.03. The topological polar surface area (TPSA) is 38.3 Å². The Labute approximate surface area is 160 Å². The van der Waals surface area contributed by atoms with Crippen LogP contribution in [0.15, 0.2) is 40.9 Å². The van der Waals surface area contributed by atoms with E-state index in [4.69, 9.17) is 27.9 Å². The first-order valence-corrected chi connectivity index (χ1v) is 9.20. The van der Waals surface area contributed by atoms with Gasteiger partial charge in [-0.3, -0.25) is 4.79 Å². The van der Waals surface area contributed by atoms with Crippen molar-refractivity contribution in [3.63, 3.8) is 0 Å². The van der Waals surface area contributed by atoms with E-state index >= 15 is 0 Å². The molecule has 0 bridgehead atoms. The smallest absolute Gasteiger partial charge is 0.262 e. The van der Waals surface area contributed by atoms with Crippen molar-refractivity contribution in [1.29, 1.82) is 0 Å². The molecule has 1 amide bonds. The molecule has 0 saturated carbocycles. The van der Waals surface area contributed by atoms with E-state index in [1.54, 1.807) is 18.2 Å². The van der Waals surface area contributed by atoms with Gasteiger partial charge in [0.1, 0.15) is 5.75 Å². The minimum absolute atomic E-state index is 0.134. The molecule has 6 heteroatoms. The van der Waals surface area contributed by atoms with Crippen LogP contribution in [-0.2, 0) is 11.2 Å². The summed E-state index contributed by atoms with van der Waals surface area (Å²) < 4.78 is 6.28. The van der Waals surface area contributed by atoms with Crippen LogP contribution in [0.2, 0.25) is 10.0 Å². The normalized spacial score (nSPS) is 10.5. The summed E-state index contributed by atoms with van der Waals surface area (Å²) in [4.78, 5) is 12.0. The summed E-state index contributed by atoms with van der Waals surface area (Å²) >= 11 is 15.3. The summed E-state index contributed by atoms with van der Waals surface area (Å²) in [5.74, 6) is 0.160. The quantitative estimate of drug-likeness (QED) is 0.574. The number of hydrogen-bond acceptors (Lipinski definition) is 2. The Balaban J connectivity index is 1.92. The van der Waals surface area contributed by atoms with Crippen LogP contribution in [0.3, 0.4) is 0 Å². The second-order valence-corrected chi connectivity index (χ2v) is 7.03. The second kappa shape index (κ2) is 9.30. The van der Waals surface area contributed by atoms with Gasteiger partial charge in [0, 0.05) is 9.50 Å². The number of anilines is 1. The van der Waals surface area contributed by atoms with Gasteiger partial charge >= 0.3 is 0 Å². The number of carbonyl (C=O) groups is 1. The summed E-state index contributed by atoms with van der Waals surface area (Å²) in [6, 6.07) is 10.8. The first-order chi connectivity index (χ1) is 11.5. The van der Waals surface area contributed by atoms with E-state index < -0.39 is 0 Å². The van der Waals surface area contributed by atoms with E-state index in [1.807, 2.05) is 18.2 Å². The fraction of sp³-hybridized carbons (Fsp3) is 0.278. The summed E-state index contributed by atoms with van der Waals surface area (Å²) in [5.41, 5.74) is 1.96. The van der Waals surface area contributed by atoms with Crippen molar-refractivity contribution in [2.24, 2.45) is 0 Å². The molecule has 0 atom stereocenters. The molecule has 0 saturated heterocycles. The largest absolute Gasteiger partial charge is 0.482 e. The van der Waals surface area contributed by atoms with Crippen LogP contribution in [0, 0.1) is 0 Å². The number of unbranched alkanes of at least 4 members (excludes halogenated alkanes) is 1. The highest BCUT2D eigenvalue weighted by molar-refractivity contribution is 9.10. The zero-order valence-corrected chi connectivity index (χ0v) is 16.3. The van der Waals surface area contributed by atoms with Gasteiger partial charge < -0.3 is 10.1 Å². The molecule has 0 spiro atoms. The first-order valence-electron chi connectivity index (χ1n) is 7.65. The number of ether oxygens (including phenoxy) is 1. The van der Waals surface area contributed by atoms with Gasteiger partial charge in [-0.05, 0) is 64.7 Å². The Bertz CT molecular complexity index is 722. The lowest BCUT2D eigenvalue weighted by Crippen LogP contribution is -2.20. The van der Waals surface area contributed by atoms with Crippen molar-refractivity contribution in [2.45, 2.75) is 26.2 Å². The van der Waals surface area contributed by atoms with Gasteiger partial charge in [-0.25, -0.2) is 0 Å². The van der Waals surface area contributed by atoms with Crippen LogP contribution in [-0.4, -0.2) is 12.5 Å². The first kappa shape index (κ1) is 19.1. The van der Waals surface area contributed by atoms with E-state index in [-0.39, 0.29) is 12.5 Å². The molecule has 0 aliphatic rings. The third-order valence-corrected chi connectivity index (χ3v) is 4.57. The van der Waals surface area contributed by atoms with Gasteiger partial charge in [-0.1, -0.05) is 42.6 Å². The van der Waals surface area contributed by atoms with Crippen molar-refractivity contribution in [3.05, 3.63) is 56.5 Å². The lowest BCUT2D eigenvalue weighted by Gasteiger charge is -2.11. The maximum atomic E-state index is 12.0. The number of carbonyl (C=O) groups excluding carboxylic acids is 1. The standard InChI is InChI=1S/C18H18BrCl2NO2/c1-2-3-4-12-5-7-16(14(19)9-12)22-18(23)11-24-17-8-6-13(20)10-15(17)21/h5-10H,2-4,11H2,1H3,(H,22,23). The van der Waals surface area contributed by atoms with Crippen molar-refractivity contribution in [1.82, 2.24) is 0 Å². The summed E-state index contributed by atoms with van der Waals surface area (Å²) in [6.07, 6.45) is 3.33. The van der Waals surface area contributed by atoms with Crippen LogP contribution in [0.25, 0.3) is 0 Å². The molecule has 2 aromatic carbocycles. The maximum absolute atomic E-state index is 12.0. The molecule has 0 radical (unpaired) electrons. The third kappa shape index (κ3) is 5.69. The van der Waals surface area contributed by atoms with E-state index in [0.29, 0.717) is 21.5 Å². The summed E-state index contributed by atoms with van der Waals surface area (Å²) in [7, 11) is 0. The highest BCUT2D eigenvalue weighted by Crippen LogP contribution is 2.28. The average Bonchev–Trinajstić information content (AvgIpc) is 2.54. The van der Waals surface area contributed by atoms with E-state index in [9.17, 15) is 4.79 Å². The second-order valence-electron chi connectivity index (χ2n) is 5.33. The predicted molar refractivity (Wildman–Crippen MR) is 103 cm³/mol. The van der Waals surface area contributed by atoms with E-state index in [1.165, 1.54) is 5.56 Å². The molecule has 2 rings (SSSR count). The number of aryl methyl sites for hydroxylation is 1. The Morgan fingerprint density at radius 3 is 2.67 bits per heavy atom. The van der Waals surface area contributed by atoms with E-state index in [0.717, 1.165) is 23.7 Å². The fourth-order valence-electron chi connectivity index (χ4n) is 2.12. The third-order valence-electron chi connectivity index (χ3n) is 3.38. The number of halogens is 3. The Morgan fingerprint density at radius 2 is 2.00 bits per heavy atom. The molecule has 1 N–H and O–H groups in total. The van der Waals surface area contributed by atoms with Crippen molar-refractivity contribution >= 4 is 50.7 Å². The molecule has 2 aromatic rings. The molecule has 24 heavy (non-hydrogen) atoms. The van der Waals surface area contributed by atoms with Crippen molar-refractivity contribution in [3.8, 4) is 5.75 Å². The number of hydrogen-bond donors (Lipinski definition) is 1. The molecule has 0 aromatic heterocycles. The minimum Gasteiger partial charge on any atom is -0.482 e. The monoisotopic (exact) mass is 429 g/mol. The zero-order valence-electron chi connectivity index (χ0n) is 13.2. The highest BCUT2D eigenvalue weighted by atomic mass is 79.9. The number of amides is 1. The highest BCUT2D eigenvalue weighted by Gasteiger charge is 2.09. The number of benzene rings is 2. The molecule has 0 heterocycles. The lowest BCUT2D eigenvalue weighted by atomic mass is 10.1. The van der Waals surface area contributed by atoms with Crippen molar-refractivity contribution in [2.75, 3.05) is 11.9 Å². The molecular weight excluding hydrogens is 413 g/mol. The van der Waals surface area contributed by atoms with Gasteiger partial charge in [0.25, 0.3) is 5.91 Å². The predicted octanol–water partition coefficient (Wildman–Crippen LogP) is 6.12. The van der Waals surface area contributed by atoms with Crippen LogP contribution in [0.4, 0.5) is 5.69 Å². The summed E-state index contributed by atoms with van der Waals surface area (Å²) in [5, 5.41) is 3.70. The molecular formula is C18H18BrCl2NO2. The van der Waals surface area contributed by atoms with Crippen LogP contribution >= 0.6 is 39.1 Å². The van der Waals surface area contributed by atoms with Gasteiger partial charge in [0.15, 0.2) is 6.61 Å². The Kier molecular flexibility index (Phi) is 7.40. The molecule has 3 nitrogen and oxygen atoms in total. The Hall–Kier alpha value is -1.23. The molecule has 0 fully saturated rings. The number of nitrogens with one attached hydrogen (secondary N) is 1. The van der Waals surface area contributed by atoms with E-state index in [2.05, 4.69) is 28.2 Å². The molecule has 0 aliphatic carbocycles. The maximum Gasteiger partial charge on any atom is 0.262 e. The Morgan fingerprint density at radius 1 is 1.21 bits per heavy atom. The zero-order chi connectivity index (χ0) is 17.5. The van der Waals surface area contributed by atoms with Crippen LogP contribution in [0.1, 0.15) is 25.3 Å². The van der Waals surface area contributed by atoms with Crippen LogP contribution < -0.4 is 10.1 Å². The molecule has 0 unspecified atom stereocenters. The minimum atomic E-state index is -0.261.